The minimum Gasteiger partial charge on any atom is -0.493 e. The maximum Gasteiger partial charge on any atom is 0.231 e. The number of fused-ring (bicyclic) bond motifs is 1. The summed E-state index contributed by atoms with van der Waals surface area (Å²) in [6.45, 7) is 1.56. The second-order valence-corrected chi connectivity index (χ2v) is 7.30. The number of ether oxygens (including phenoxy) is 4. The number of hydrogen-bond acceptors (Lipinski definition) is 7. The molecule has 0 radical (unpaired) electrons. The highest BCUT2D eigenvalue weighted by Gasteiger charge is 2.30. The third kappa shape index (κ3) is 4.86. The van der Waals surface area contributed by atoms with Gasteiger partial charge in [-0.2, -0.15) is 0 Å². The highest BCUT2D eigenvalue weighted by Crippen LogP contribution is 2.49. The quantitative estimate of drug-likeness (QED) is 0.650. The average Bonchev–Trinajstić information content (AvgIpc) is 3.39. The molecule has 30 heavy (non-hydrogen) atoms. The lowest BCUT2D eigenvalue weighted by Gasteiger charge is -2.15. The van der Waals surface area contributed by atoms with Gasteiger partial charge in [0.05, 0.1) is 19.9 Å². The summed E-state index contributed by atoms with van der Waals surface area (Å²) in [6, 6.07) is 9.69. The highest BCUT2D eigenvalue weighted by molar-refractivity contribution is 6.30. The molecule has 4 rings (SSSR count). The fraction of sp³-hybridized carbons (Fsp3) is 0.381. The molecule has 0 fully saturated rings. The van der Waals surface area contributed by atoms with Crippen LogP contribution in [0.4, 0.5) is 0 Å². The first kappa shape index (κ1) is 22.3. The van der Waals surface area contributed by atoms with Gasteiger partial charge in [-0.15, -0.1) is 12.4 Å². The van der Waals surface area contributed by atoms with E-state index in [1.807, 2.05) is 30.3 Å². The molecule has 0 spiro atoms. The van der Waals surface area contributed by atoms with Crippen LogP contribution in [0.5, 0.6) is 23.0 Å². The Hall–Kier alpha value is -2.35. The van der Waals surface area contributed by atoms with Crippen molar-refractivity contribution in [3.05, 3.63) is 46.5 Å². The van der Waals surface area contributed by atoms with Gasteiger partial charge in [-0.1, -0.05) is 28.9 Å². The number of hydrogen-bond donors (Lipinski definition) is 1. The Bertz CT molecular complexity index is 905. The first-order valence-electron chi connectivity index (χ1n) is 9.38. The van der Waals surface area contributed by atoms with Crippen molar-refractivity contribution < 1.29 is 23.8 Å². The molecule has 162 valence electrons. The molecule has 0 aromatic heterocycles. The van der Waals surface area contributed by atoms with Crippen molar-refractivity contribution in [3.63, 3.8) is 0 Å². The largest absolute Gasteiger partial charge is 0.493 e. The van der Waals surface area contributed by atoms with Crippen molar-refractivity contribution >= 4 is 29.7 Å². The zero-order valence-corrected chi connectivity index (χ0v) is 18.3. The molecule has 2 heterocycles. The highest BCUT2D eigenvalue weighted by atomic mass is 35.5. The van der Waals surface area contributed by atoms with Crippen molar-refractivity contribution in [1.29, 1.82) is 0 Å². The van der Waals surface area contributed by atoms with Crippen LogP contribution in [0.15, 0.2) is 35.5 Å². The van der Waals surface area contributed by atoms with Crippen LogP contribution in [-0.2, 0) is 17.8 Å². The maximum absolute atomic E-state index is 5.92. The number of benzene rings is 2. The van der Waals surface area contributed by atoms with Gasteiger partial charge in [0.1, 0.15) is 6.10 Å². The van der Waals surface area contributed by atoms with E-state index >= 15 is 0 Å². The molecular weight excluding hydrogens is 431 g/mol. The molecule has 0 saturated heterocycles. The second kappa shape index (κ2) is 10.1. The lowest BCUT2D eigenvalue weighted by atomic mass is 10.0. The van der Waals surface area contributed by atoms with E-state index < -0.39 is 0 Å². The van der Waals surface area contributed by atoms with E-state index in [1.165, 1.54) is 5.56 Å². The summed E-state index contributed by atoms with van der Waals surface area (Å²) in [6.07, 6.45) is 1.30. The summed E-state index contributed by atoms with van der Waals surface area (Å²) in [5, 5.41) is 8.36. The molecule has 0 saturated carbocycles. The van der Waals surface area contributed by atoms with Crippen LogP contribution in [0.2, 0.25) is 5.02 Å². The zero-order valence-electron chi connectivity index (χ0n) is 16.8. The molecule has 7 nitrogen and oxygen atoms in total. The molecule has 2 aliphatic rings. The molecule has 1 atom stereocenters. The van der Waals surface area contributed by atoms with Crippen LogP contribution >= 0.6 is 24.0 Å². The van der Waals surface area contributed by atoms with Gasteiger partial charge in [-0.25, -0.2) is 0 Å². The predicted octanol–water partition coefficient (Wildman–Crippen LogP) is 3.98. The summed E-state index contributed by atoms with van der Waals surface area (Å²) in [5.74, 6) is 2.42. The Labute approximate surface area is 186 Å². The summed E-state index contributed by atoms with van der Waals surface area (Å²) < 4.78 is 22.1. The Morgan fingerprint density at radius 3 is 2.60 bits per heavy atom. The second-order valence-electron chi connectivity index (χ2n) is 6.86. The fourth-order valence-corrected chi connectivity index (χ4v) is 3.62. The van der Waals surface area contributed by atoms with Crippen LogP contribution in [-0.4, -0.2) is 39.4 Å². The van der Waals surface area contributed by atoms with Gasteiger partial charge in [0, 0.05) is 36.5 Å². The molecule has 0 aliphatic carbocycles. The number of halogens is 2. The third-order valence-corrected chi connectivity index (χ3v) is 5.13. The van der Waals surface area contributed by atoms with Gasteiger partial charge in [-0.3, -0.25) is 0 Å². The summed E-state index contributed by atoms with van der Waals surface area (Å²) >= 11 is 5.92. The van der Waals surface area contributed by atoms with Crippen molar-refractivity contribution in [3.8, 4) is 23.0 Å². The van der Waals surface area contributed by atoms with Gasteiger partial charge in [0.25, 0.3) is 0 Å². The smallest absolute Gasteiger partial charge is 0.231 e. The molecule has 1 N–H and O–H groups in total. The number of rotatable bonds is 8. The number of oxime groups is 1. The Morgan fingerprint density at radius 1 is 1.10 bits per heavy atom. The van der Waals surface area contributed by atoms with E-state index in [4.69, 9.17) is 35.4 Å². The molecule has 9 heteroatoms. The van der Waals surface area contributed by atoms with Crippen molar-refractivity contribution in [2.45, 2.75) is 25.5 Å². The summed E-state index contributed by atoms with van der Waals surface area (Å²) in [4.78, 5) is 5.64. The van der Waals surface area contributed by atoms with Crippen LogP contribution in [0, 0.1) is 0 Å². The molecule has 1 unspecified atom stereocenters. The average molecular weight is 455 g/mol. The van der Waals surface area contributed by atoms with Gasteiger partial charge in [0.2, 0.25) is 18.3 Å². The molecule has 2 aliphatic heterocycles. The lowest BCUT2D eigenvalue weighted by molar-refractivity contribution is 0.0853. The lowest BCUT2D eigenvalue weighted by Crippen LogP contribution is -2.23. The standard InChI is InChI=1S/C21H23ClN2O5.ClH/c1-25-18-8-14(19(26-2)21-20(18)27-12-28-21)7-17-9-16(24-29-17)11-23-10-13-3-5-15(22)6-4-13;/h3-6,8,17,23H,7,9-12H2,1-2H3;1H. The zero-order chi connectivity index (χ0) is 20.2. The number of methoxy groups -OCH3 is 2. The van der Waals surface area contributed by atoms with Gasteiger partial charge in [-0.05, 0) is 23.8 Å². The van der Waals surface area contributed by atoms with Gasteiger partial charge >= 0.3 is 0 Å². The van der Waals surface area contributed by atoms with E-state index in [0.29, 0.717) is 36.0 Å². The molecule has 0 bridgehead atoms. The predicted molar refractivity (Wildman–Crippen MR) is 117 cm³/mol. The minimum absolute atomic E-state index is 0. The minimum atomic E-state index is -0.0682. The Kier molecular flexibility index (Phi) is 7.53. The summed E-state index contributed by atoms with van der Waals surface area (Å²) in [5.41, 5.74) is 3.09. The van der Waals surface area contributed by atoms with E-state index in [2.05, 4.69) is 10.5 Å². The van der Waals surface area contributed by atoms with E-state index in [1.54, 1.807) is 14.2 Å². The SMILES string of the molecule is COc1cc(CC2CC(CNCc3ccc(Cl)cc3)=NO2)c(OC)c2c1OCO2.Cl. The van der Waals surface area contributed by atoms with Crippen LogP contribution in [0.1, 0.15) is 17.5 Å². The van der Waals surface area contributed by atoms with E-state index in [0.717, 1.165) is 29.3 Å². The molecule has 0 amide bonds. The van der Waals surface area contributed by atoms with E-state index in [-0.39, 0.29) is 25.3 Å². The first-order valence-corrected chi connectivity index (χ1v) is 9.76. The van der Waals surface area contributed by atoms with Crippen LogP contribution in [0.3, 0.4) is 0 Å². The number of nitrogens with zero attached hydrogens (tertiary/aromatic N) is 1. The normalized spacial score (nSPS) is 16.5. The Balaban J connectivity index is 0.00000256. The topological polar surface area (TPSA) is 70.5 Å². The van der Waals surface area contributed by atoms with Crippen molar-refractivity contribution in [2.75, 3.05) is 27.6 Å². The third-order valence-electron chi connectivity index (χ3n) is 4.88. The molecular formula is C21H24Cl2N2O5. The van der Waals surface area contributed by atoms with Crippen LogP contribution in [0.25, 0.3) is 0 Å². The fourth-order valence-electron chi connectivity index (χ4n) is 3.49. The molecule has 2 aromatic rings. The van der Waals surface area contributed by atoms with E-state index in [9.17, 15) is 0 Å². The maximum atomic E-state index is 5.92. The first-order chi connectivity index (χ1) is 14.2. The van der Waals surface area contributed by atoms with Gasteiger partial charge < -0.3 is 29.1 Å². The Morgan fingerprint density at radius 2 is 1.87 bits per heavy atom. The summed E-state index contributed by atoms with van der Waals surface area (Å²) in [7, 11) is 3.22. The molecule has 2 aromatic carbocycles. The van der Waals surface area contributed by atoms with Crippen molar-refractivity contribution in [1.82, 2.24) is 5.32 Å². The van der Waals surface area contributed by atoms with Crippen LogP contribution < -0.4 is 24.3 Å². The monoisotopic (exact) mass is 454 g/mol. The van der Waals surface area contributed by atoms with Gasteiger partial charge in [0.15, 0.2) is 11.5 Å². The van der Waals surface area contributed by atoms with Crippen molar-refractivity contribution in [2.24, 2.45) is 5.16 Å². The number of nitrogens with one attached hydrogen (secondary N) is 1.